The van der Waals surface area contributed by atoms with Crippen molar-refractivity contribution in [1.82, 2.24) is 5.32 Å². The molecule has 5 heteroatoms. The van der Waals surface area contributed by atoms with Crippen LogP contribution in [0.25, 0.3) is 0 Å². The minimum absolute atomic E-state index is 0.0142. The van der Waals surface area contributed by atoms with Crippen molar-refractivity contribution in [3.63, 3.8) is 0 Å². The molecular weight excluding hydrogens is 258 g/mol. The lowest BCUT2D eigenvalue weighted by Gasteiger charge is -2.29. The normalized spacial score (nSPS) is 23.2. The molecule has 0 heterocycles. The Balaban J connectivity index is 1.86. The Labute approximate surface area is 120 Å². The van der Waals surface area contributed by atoms with Gasteiger partial charge in [-0.05, 0) is 25.7 Å². The van der Waals surface area contributed by atoms with Gasteiger partial charge >= 0.3 is 5.97 Å². The second kappa shape index (κ2) is 7.07. The summed E-state index contributed by atoms with van der Waals surface area (Å²) in [5.41, 5.74) is -1.08. The Bertz CT molecular complexity index is 342. The molecule has 0 aliphatic heterocycles. The number of carbonyl (C=O) groups excluding carboxylic acids is 1. The third-order valence-corrected chi connectivity index (χ3v) is 4.50. The van der Waals surface area contributed by atoms with Crippen LogP contribution in [-0.4, -0.2) is 35.2 Å². The van der Waals surface area contributed by atoms with E-state index in [1.165, 1.54) is 0 Å². The van der Waals surface area contributed by atoms with Crippen LogP contribution in [0.4, 0.5) is 0 Å². The molecular formula is C15H25NO4. The summed E-state index contributed by atoms with van der Waals surface area (Å²) in [6.45, 7) is -0.0142. The van der Waals surface area contributed by atoms with E-state index in [2.05, 4.69) is 5.32 Å². The van der Waals surface area contributed by atoms with Crippen LogP contribution in [0.1, 0.15) is 64.2 Å². The number of carboxylic acid groups (broad SMARTS) is 1. The van der Waals surface area contributed by atoms with Crippen molar-refractivity contribution < 1.29 is 19.4 Å². The Hall–Kier alpha value is -1.10. The molecule has 1 amide bonds. The summed E-state index contributed by atoms with van der Waals surface area (Å²) in [6.07, 6.45) is 9.37. The van der Waals surface area contributed by atoms with E-state index in [9.17, 15) is 14.7 Å². The van der Waals surface area contributed by atoms with E-state index in [-0.39, 0.29) is 18.6 Å². The first-order valence-electron chi connectivity index (χ1n) is 7.78. The zero-order chi connectivity index (χ0) is 14.4. The number of rotatable bonds is 5. The van der Waals surface area contributed by atoms with E-state index in [4.69, 9.17) is 4.74 Å². The summed E-state index contributed by atoms with van der Waals surface area (Å²) < 4.78 is 5.56. The van der Waals surface area contributed by atoms with Crippen LogP contribution in [0.5, 0.6) is 0 Å². The van der Waals surface area contributed by atoms with E-state index in [1.807, 2.05) is 0 Å². The summed E-state index contributed by atoms with van der Waals surface area (Å²) >= 11 is 0. The number of carboxylic acids is 1. The highest BCUT2D eigenvalue weighted by Crippen LogP contribution is 2.27. The molecule has 0 radical (unpaired) electrons. The number of aliphatic carboxylic acids is 1. The molecule has 2 saturated carbocycles. The number of carbonyl (C=O) groups is 2. The lowest BCUT2D eigenvalue weighted by Crippen LogP contribution is -2.55. The molecule has 2 aliphatic carbocycles. The van der Waals surface area contributed by atoms with Gasteiger partial charge in [-0.3, -0.25) is 4.79 Å². The Morgan fingerprint density at radius 1 is 1.05 bits per heavy atom. The quantitative estimate of drug-likeness (QED) is 0.759. The molecule has 114 valence electrons. The monoisotopic (exact) mass is 283 g/mol. The fourth-order valence-electron chi connectivity index (χ4n) is 3.28. The van der Waals surface area contributed by atoms with Gasteiger partial charge in [0.2, 0.25) is 5.91 Å². The summed E-state index contributed by atoms with van der Waals surface area (Å²) in [5.74, 6) is -1.20. The predicted molar refractivity (Wildman–Crippen MR) is 74.4 cm³/mol. The Morgan fingerprint density at radius 2 is 1.65 bits per heavy atom. The first kappa shape index (κ1) is 15.3. The van der Waals surface area contributed by atoms with Crippen molar-refractivity contribution in [3.05, 3.63) is 0 Å². The number of ether oxygens (including phenoxy) is 1. The first-order valence-corrected chi connectivity index (χ1v) is 7.78. The average molecular weight is 283 g/mol. The average Bonchev–Trinajstić information content (AvgIpc) is 2.82. The molecule has 2 rings (SSSR count). The molecule has 2 fully saturated rings. The highest BCUT2D eigenvalue weighted by atomic mass is 16.5. The maximum absolute atomic E-state index is 12.0. The smallest absolute Gasteiger partial charge is 0.329 e. The van der Waals surface area contributed by atoms with Crippen molar-refractivity contribution in [2.24, 2.45) is 0 Å². The van der Waals surface area contributed by atoms with Gasteiger partial charge in [-0.15, -0.1) is 0 Å². The van der Waals surface area contributed by atoms with Gasteiger partial charge in [0.25, 0.3) is 0 Å². The SMILES string of the molecule is O=C(COC1CCCC1)NC1(C(=O)O)CCCCCC1. The fraction of sp³-hybridized carbons (Fsp3) is 0.867. The third-order valence-electron chi connectivity index (χ3n) is 4.50. The summed E-state index contributed by atoms with van der Waals surface area (Å²) in [5, 5.41) is 12.2. The molecule has 0 aromatic carbocycles. The van der Waals surface area contributed by atoms with Crippen LogP contribution >= 0.6 is 0 Å². The van der Waals surface area contributed by atoms with Crippen molar-refractivity contribution in [2.75, 3.05) is 6.61 Å². The van der Waals surface area contributed by atoms with Crippen LogP contribution in [-0.2, 0) is 14.3 Å². The van der Waals surface area contributed by atoms with Gasteiger partial charge in [0.05, 0.1) is 6.10 Å². The summed E-state index contributed by atoms with van der Waals surface area (Å²) in [4.78, 5) is 23.6. The number of nitrogens with one attached hydrogen (secondary N) is 1. The second-order valence-corrected chi connectivity index (χ2v) is 6.07. The van der Waals surface area contributed by atoms with Crippen molar-refractivity contribution >= 4 is 11.9 Å². The Kier molecular flexibility index (Phi) is 5.40. The van der Waals surface area contributed by atoms with Crippen molar-refractivity contribution in [1.29, 1.82) is 0 Å². The molecule has 0 spiro atoms. The molecule has 0 atom stereocenters. The van der Waals surface area contributed by atoms with E-state index in [1.54, 1.807) is 0 Å². The highest BCUT2D eigenvalue weighted by Gasteiger charge is 2.40. The maximum atomic E-state index is 12.0. The van der Waals surface area contributed by atoms with Crippen LogP contribution in [0.3, 0.4) is 0 Å². The molecule has 0 aromatic rings. The van der Waals surface area contributed by atoms with Crippen molar-refractivity contribution in [2.45, 2.75) is 75.9 Å². The van der Waals surface area contributed by atoms with Gasteiger partial charge in [-0.25, -0.2) is 4.79 Å². The zero-order valence-corrected chi connectivity index (χ0v) is 12.0. The van der Waals surface area contributed by atoms with Crippen LogP contribution in [0.15, 0.2) is 0 Å². The van der Waals surface area contributed by atoms with Gasteiger partial charge in [0.1, 0.15) is 12.1 Å². The number of amides is 1. The Morgan fingerprint density at radius 3 is 2.20 bits per heavy atom. The number of hydrogen-bond donors (Lipinski definition) is 2. The molecule has 5 nitrogen and oxygen atoms in total. The summed E-state index contributed by atoms with van der Waals surface area (Å²) in [6, 6.07) is 0. The lowest BCUT2D eigenvalue weighted by molar-refractivity contribution is -0.149. The topological polar surface area (TPSA) is 75.6 Å². The van der Waals surface area contributed by atoms with E-state index < -0.39 is 11.5 Å². The van der Waals surface area contributed by atoms with Crippen molar-refractivity contribution in [3.8, 4) is 0 Å². The van der Waals surface area contributed by atoms with E-state index in [0.717, 1.165) is 51.4 Å². The highest BCUT2D eigenvalue weighted by molar-refractivity contribution is 5.87. The molecule has 2 N–H and O–H groups in total. The van der Waals surface area contributed by atoms with Gasteiger partial charge < -0.3 is 15.2 Å². The maximum Gasteiger partial charge on any atom is 0.329 e. The number of hydrogen-bond acceptors (Lipinski definition) is 3. The molecule has 20 heavy (non-hydrogen) atoms. The molecule has 0 unspecified atom stereocenters. The minimum atomic E-state index is -1.08. The second-order valence-electron chi connectivity index (χ2n) is 6.07. The van der Waals surface area contributed by atoms with E-state index in [0.29, 0.717) is 12.8 Å². The lowest BCUT2D eigenvalue weighted by atomic mass is 9.90. The standard InChI is InChI=1S/C15H25NO4/c17-13(11-20-12-7-3-4-8-12)16-15(14(18)19)9-5-1-2-6-10-15/h12H,1-11H2,(H,16,17)(H,18,19). The van der Waals surface area contributed by atoms with E-state index >= 15 is 0 Å². The van der Waals surface area contributed by atoms with Crippen LogP contribution < -0.4 is 5.32 Å². The molecule has 0 saturated heterocycles. The summed E-state index contributed by atoms with van der Waals surface area (Å²) in [7, 11) is 0. The van der Waals surface area contributed by atoms with Gasteiger partial charge in [-0.1, -0.05) is 38.5 Å². The largest absolute Gasteiger partial charge is 0.480 e. The molecule has 2 aliphatic rings. The third kappa shape index (κ3) is 3.95. The fourth-order valence-corrected chi connectivity index (χ4v) is 3.28. The van der Waals surface area contributed by atoms with Gasteiger partial charge in [-0.2, -0.15) is 0 Å². The molecule has 0 aromatic heterocycles. The molecule has 0 bridgehead atoms. The zero-order valence-electron chi connectivity index (χ0n) is 12.0. The first-order chi connectivity index (χ1) is 9.62. The van der Waals surface area contributed by atoms with Gasteiger partial charge in [0, 0.05) is 0 Å². The minimum Gasteiger partial charge on any atom is -0.480 e. The van der Waals surface area contributed by atoms with Crippen LogP contribution in [0.2, 0.25) is 0 Å². The predicted octanol–water partition coefficient (Wildman–Crippen LogP) is 2.24. The van der Waals surface area contributed by atoms with Crippen LogP contribution in [0, 0.1) is 0 Å². The van der Waals surface area contributed by atoms with Gasteiger partial charge in [0.15, 0.2) is 0 Å².